The van der Waals surface area contributed by atoms with Crippen LogP contribution in [0.25, 0.3) is 0 Å². The van der Waals surface area contributed by atoms with Crippen LogP contribution >= 0.6 is 0 Å². The number of carbonyl (C=O) groups excluding carboxylic acids is 1. The van der Waals surface area contributed by atoms with Gasteiger partial charge in [-0.15, -0.1) is 0 Å². The van der Waals surface area contributed by atoms with Crippen LogP contribution in [0.4, 0.5) is 4.79 Å². The molecule has 3 unspecified atom stereocenters. The number of nitrogens with one attached hydrogen (secondary N) is 1. The monoisotopic (exact) mass is 370 g/mol. The minimum atomic E-state index is -0.438. The van der Waals surface area contributed by atoms with Crippen molar-refractivity contribution in [1.29, 1.82) is 0 Å². The molecule has 0 radical (unpaired) electrons. The second kappa shape index (κ2) is 7.62. The highest BCUT2D eigenvalue weighted by Gasteiger charge is 2.72. The fraction of sp³-hybridized carbons (Fsp3) is 0.947. The van der Waals surface area contributed by atoms with Gasteiger partial charge in [0.1, 0.15) is 23.4 Å². The van der Waals surface area contributed by atoms with Crippen molar-refractivity contribution in [2.45, 2.75) is 76.0 Å². The molecule has 0 aromatic rings. The second-order valence-corrected chi connectivity index (χ2v) is 8.49. The van der Waals surface area contributed by atoms with Crippen molar-refractivity contribution in [2.24, 2.45) is 17.6 Å². The van der Waals surface area contributed by atoms with Gasteiger partial charge < -0.3 is 30.0 Å². The Morgan fingerprint density at radius 1 is 1.42 bits per heavy atom. The quantitative estimate of drug-likeness (QED) is 0.633. The van der Waals surface area contributed by atoms with Gasteiger partial charge in [-0.1, -0.05) is 13.8 Å². The maximum atomic E-state index is 12.0. The van der Waals surface area contributed by atoms with Crippen LogP contribution in [0.5, 0.6) is 0 Å². The molecule has 1 spiro atoms. The molecule has 150 valence electrons. The number of alkyl carbamates (subject to hydrolysis) is 1. The van der Waals surface area contributed by atoms with Crippen LogP contribution in [0.15, 0.2) is 0 Å². The van der Waals surface area contributed by atoms with Crippen LogP contribution in [0.3, 0.4) is 0 Å². The lowest BCUT2D eigenvalue weighted by Gasteiger charge is -2.42. The van der Waals surface area contributed by atoms with Crippen LogP contribution in [0, 0.1) is 11.8 Å². The van der Waals surface area contributed by atoms with Gasteiger partial charge in [0.2, 0.25) is 0 Å². The van der Waals surface area contributed by atoms with Gasteiger partial charge in [-0.3, -0.25) is 0 Å². The SMILES string of the molecule is COC1C(OC(=O)NCCN)CC[C@]2(CO2)C1[C@]1(C)O[C@@H]1CCC(C)C. The molecule has 1 amide bonds. The van der Waals surface area contributed by atoms with Crippen molar-refractivity contribution >= 4 is 6.09 Å². The molecule has 3 rings (SSSR count). The number of epoxide rings is 2. The van der Waals surface area contributed by atoms with Crippen molar-refractivity contribution in [3.05, 3.63) is 0 Å². The van der Waals surface area contributed by atoms with E-state index in [-0.39, 0.29) is 35.4 Å². The molecular formula is C19H34N2O5. The molecule has 2 aliphatic heterocycles. The van der Waals surface area contributed by atoms with Crippen LogP contribution in [-0.4, -0.2) is 62.4 Å². The van der Waals surface area contributed by atoms with Crippen molar-refractivity contribution in [3.63, 3.8) is 0 Å². The number of nitrogens with two attached hydrogens (primary N) is 1. The Kier molecular flexibility index (Phi) is 5.82. The molecule has 3 aliphatic rings. The van der Waals surface area contributed by atoms with Crippen molar-refractivity contribution in [2.75, 3.05) is 26.8 Å². The summed E-state index contributed by atoms with van der Waals surface area (Å²) in [5.74, 6) is 0.722. The van der Waals surface area contributed by atoms with Crippen molar-refractivity contribution in [3.8, 4) is 0 Å². The predicted molar refractivity (Wildman–Crippen MR) is 96.9 cm³/mol. The molecule has 2 saturated heterocycles. The molecule has 0 bridgehead atoms. The summed E-state index contributed by atoms with van der Waals surface area (Å²) in [4.78, 5) is 12.0. The number of carbonyl (C=O) groups is 1. The summed E-state index contributed by atoms with van der Waals surface area (Å²) in [5, 5.41) is 2.67. The lowest BCUT2D eigenvalue weighted by atomic mass is 9.68. The average Bonchev–Trinajstić information content (AvgIpc) is 3.50. The minimum Gasteiger partial charge on any atom is -0.443 e. The van der Waals surface area contributed by atoms with Gasteiger partial charge in [-0.25, -0.2) is 4.79 Å². The Morgan fingerprint density at radius 2 is 2.15 bits per heavy atom. The van der Waals surface area contributed by atoms with Gasteiger partial charge in [0.25, 0.3) is 0 Å². The number of methoxy groups -OCH3 is 1. The molecule has 7 heteroatoms. The van der Waals surface area contributed by atoms with Crippen LogP contribution in [-0.2, 0) is 18.9 Å². The van der Waals surface area contributed by atoms with E-state index in [1.165, 1.54) is 0 Å². The summed E-state index contributed by atoms with van der Waals surface area (Å²) in [6, 6.07) is 0. The number of ether oxygens (including phenoxy) is 4. The van der Waals surface area contributed by atoms with Gasteiger partial charge in [0, 0.05) is 20.2 Å². The van der Waals surface area contributed by atoms with Gasteiger partial charge in [-0.05, 0) is 38.5 Å². The molecule has 2 heterocycles. The summed E-state index contributed by atoms with van der Waals surface area (Å²) in [7, 11) is 1.68. The summed E-state index contributed by atoms with van der Waals surface area (Å²) < 4.78 is 23.6. The minimum absolute atomic E-state index is 0.0678. The fourth-order valence-corrected chi connectivity index (χ4v) is 4.63. The van der Waals surface area contributed by atoms with Crippen LogP contribution in [0.2, 0.25) is 0 Å². The molecule has 6 atom stereocenters. The van der Waals surface area contributed by atoms with E-state index in [9.17, 15) is 4.79 Å². The van der Waals surface area contributed by atoms with E-state index in [1.807, 2.05) is 0 Å². The summed E-state index contributed by atoms with van der Waals surface area (Å²) >= 11 is 0. The first-order chi connectivity index (χ1) is 12.4. The molecule has 3 fully saturated rings. The first-order valence-electron chi connectivity index (χ1n) is 9.85. The molecular weight excluding hydrogens is 336 g/mol. The summed E-state index contributed by atoms with van der Waals surface area (Å²) in [6.45, 7) is 8.14. The molecule has 3 N–H and O–H groups in total. The summed E-state index contributed by atoms with van der Waals surface area (Å²) in [5.41, 5.74) is 4.97. The van der Waals surface area contributed by atoms with Gasteiger partial charge in [0.05, 0.1) is 18.6 Å². The second-order valence-electron chi connectivity index (χ2n) is 8.49. The average molecular weight is 370 g/mol. The van der Waals surface area contributed by atoms with Gasteiger partial charge in [-0.2, -0.15) is 0 Å². The van der Waals surface area contributed by atoms with Crippen LogP contribution < -0.4 is 11.1 Å². The van der Waals surface area contributed by atoms with Crippen LogP contribution in [0.1, 0.15) is 46.5 Å². The number of hydrogen-bond donors (Lipinski definition) is 2. The normalized spacial score (nSPS) is 41.3. The van der Waals surface area contributed by atoms with E-state index < -0.39 is 6.09 Å². The summed E-state index contributed by atoms with van der Waals surface area (Å²) in [6.07, 6.45) is 3.03. The highest BCUT2D eigenvalue weighted by molar-refractivity contribution is 5.67. The van der Waals surface area contributed by atoms with E-state index in [4.69, 9.17) is 24.7 Å². The largest absolute Gasteiger partial charge is 0.443 e. The topological polar surface area (TPSA) is 98.6 Å². The number of amides is 1. The molecule has 26 heavy (non-hydrogen) atoms. The Balaban J connectivity index is 1.69. The molecule has 1 saturated carbocycles. The number of hydrogen-bond acceptors (Lipinski definition) is 6. The Morgan fingerprint density at radius 3 is 2.73 bits per heavy atom. The van der Waals surface area contributed by atoms with E-state index in [2.05, 4.69) is 26.1 Å². The number of rotatable bonds is 8. The van der Waals surface area contributed by atoms with E-state index >= 15 is 0 Å². The fourth-order valence-electron chi connectivity index (χ4n) is 4.63. The highest BCUT2D eigenvalue weighted by atomic mass is 16.6. The van der Waals surface area contributed by atoms with Gasteiger partial charge in [0.15, 0.2) is 0 Å². The standard InChI is InChI=1S/C19H34N2O5/c1-12(2)5-6-14-18(3,26-14)16-15(23-4)13(7-8-19(16)11-24-19)25-17(22)21-10-9-20/h12-16H,5-11,20H2,1-4H3,(H,21,22)/t13?,14-,15?,16?,18-,19+/m1/s1. The maximum absolute atomic E-state index is 12.0. The lowest BCUT2D eigenvalue weighted by Crippen LogP contribution is -2.56. The zero-order valence-electron chi connectivity index (χ0n) is 16.5. The highest BCUT2D eigenvalue weighted by Crippen LogP contribution is 2.59. The van der Waals surface area contributed by atoms with E-state index in [1.54, 1.807) is 7.11 Å². The van der Waals surface area contributed by atoms with Crippen molar-refractivity contribution < 1.29 is 23.7 Å². The maximum Gasteiger partial charge on any atom is 0.407 e. The molecule has 1 aliphatic carbocycles. The third-order valence-corrected chi connectivity index (χ3v) is 6.18. The first kappa shape index (κ1) is 19.9. The Hall–Kier alpha value is -0.890. The molecule has 0 aromatic heterocycles. The Bertz CT molecular complexity index is 510. The zero-order chi connectivity index (χ0) is 18.9. The third kappa shape index (κ3) is 3.86. The predicted octanol–water partition coefficient (Wildman–Crippen LogP) is 1.83. The third-order valence-electron chi connectivity index (χ3n) is 6.18. The molecule has 0 aromatic carbocycles. The smallest absolute Gasteiger partial charge is 0.407 e. The first-order valence-corrected chi connectivity index (χ1v) is 9.85. The Labute approximate surface area is 156 Å². The zero-order valence-corrected chi connectivity index (χ0v) is 16.5. The van der Waals surface area contributed by atoms with E-state index in [0.717, 1.165) is 32.3 Å². The van der Waals surface area contributed by atoms with E-state index in [0.29, 0.717) is 19.0 Å². The lowest BCUT2D eigenvalue weighted by molar-refractivity contribution is -0.118. The molecule has 7 nitrogen and oxygen atoms in total. The van der Waals surface area contributed by atoms with Crippen molar-refractivity contribution in [1.82, 2.24) is 5.32 Å². The van der Waals surface area contributed by atoms with Gasteiger partial charge >= 0.3 is 6.09 Å².